The monoisotopic (exact) mass is 292 g/mol. The molecule has 1 fully saturated rings. The van der Waals surface area contributed by atoms with Gasteiger partial charge in [-0.2, -0.15) is 0 Å². The van der Waals surface area contributed by atoms with Gasteiger partial charge in [0.05, 0.1) is 11.0 Å². The van der Waals surface area contributed by atoms with Crippen molar-refractivity contribution in [3.63, 3.8) is 0 Å². The fraction of sp³-hybridized carbons (Fsp3) is 0.533. The SMILES string of the molecule is COC1CCCC(Nc2ccc(C(C)=O)cc2[N+](=O)[O-])C1. The molecule has 114 valence electrons. The molecule has 0 aliphatic heterocycles. The van der Waals surface area contributed by atoms with Crippen molar-refractivity contribution in [2.45, 2.75) is 44.8 Å². The van der Waals surface area contributed by atoms with Crippen LogP contribution in [0.3, 0.4) is 0 Å². The van der Waals surface area contributed by atoms with Crippen molar-refractivity contribution < 1.29 is 14.5 Å². The molecule has 1 aliphatic carbocycles. The van der Waals surface area contributed by atoms with Gasteiger partial charge in [-0.3, -0.25) is 14.9 Å². The first-order chi connectivity index (χ1) is 10.0. The summed E-state index contributed by atoms with van der Waals surface area (Å²) >= 11 is 0. The van der Waals surface area contributed by atoms with Gasteiger partial charge in [0.15, 0.2) is 5.78 Å². The number of benzene rings is 1. The van der Waals surface area contributed by atoms with E-state index in [0.29, 0.717) is 11.3 Å². The maximum Gasteiger partial charge on any atom is 0.293 e. The van der Waals surface area contributed by atoms with Crippen LogP contribution >= 0.6 is 0 Å². The number of carbonyl (C=O) groups is 1. The third-order valence-corrected chi connectivity index (χ3v) is 3.92. The Hall–Kier alpha value is -1.95. The second-order valence-corrected chi connectivity index (χ2v) is 5.41. The summed E-state index contributed by atoms with van der Waals surface area (Å²) in [6.45, 7) is 1.40. The van der Waals surface area contributed by atoms with Crippen molar-refractivity contribution in [3.8, 4) is 0 Å². The average Bonchev–Trinajstić information content (AvgIpc) is 2.47. The first kappa shape index (κ1) is 15.4. The Bertz CT molecular complexity index is 544. The number of Topliss-reactive ketones (excluding diaryl/α,β-unsaturated/α-hetero) is 1. The molecule has 2 atom stereocenters. The van der Waals surface area contributed by atoms with Crippen LogP contribution in [0.2, 0.25) is 0 Å². The molecule has 0 spiro atoms. The van der Waals surface area contributed by atoms with Crippen molar-refractivity contribution in [3.05, 3.63) is 33.9 Å². The second kappa shape index (κ2) is 6.67. The molecular weight excluding hydrogens is 272 g/mol. The van der Waals surface area contributed by atoms with Crippen LogP contribution in [0.25, 0.3) is 0 Å². The topological polar surface area (TPSA) is 81.5 Å². The van der Waals surface area contributed by atoms with E-state index in [1.807, 2.05) is 0 Å². The van der Waals surface area contributed by atoms with Gasteiger partial charge in [-0.15, -0.1) is 0 Å². The maximum atomic E-state index is 11.3. The van der Waals surface area contributed by atoms with E-state index in [0.717, 1.165) is 25.7 Å². The predicted molar refractivity (Wildman–Crippen MR) is 79.8 cm³/mol. The minimum atomic E-state index is -0.453. The molecule has 1 aliphatic rings. The van der Waals surface area contributed by atoms with Crippen LogP contribution in [-0.4, -0.2) is 30.0 Å². The van der Waals surface area contributed by atoms with E-state index < -0.39 is 4.92 Å². The molecule has 21 heavy (non-hydrogen) atoms. The summed E-state index contributed by atoms with van der Waals surface area (Å²) in [6, 6.07) is 4.73. The summed E-state index contributed by atoms with van der Waals surface area (Å²) in [5.74, 6) is -0.179. The van der Waals surface area contributed by atoms with Gasteiger partial charge in [0.25, 0.3) is 5.69 Å². The molecule has 1 aromatic carbocycles. The lowest BCUT2D eigenvalue weighted by Crippen LogP contribution is -2.31. The van der Waals surface area contributed by atoms with E-state index in [9.17, 15) is 14.9 Å². The summed E-state index contributed by atoms with van der Waals surface area (Å²) < 4.78 is 5.37. The molecule has 0 heterocycles. The largest absolute Gasteiger partial charge is 0.381 e. The first-order valence-corrected chi connectivity index (χ1v) is 7.10. The summed E-state index contributed by atoms with van der Waals surface area (Å²) in [5.41, 5.74) is 0.764. The molecule has 6 nitrogen and oxygen atoms in total. The van der Waals surface area contributed by atoms with E-state index in [1.54, 1.807) is 19.2 Å². The van der Waals surface area contributed by atoms with Crippen molar-refractivity contribution in [1.82, 2.24) is 0 Å². The van der Waals surface area contributed by atoms with Gasteiger partial charge in [0.2, 0.25) is 0 Å². The third kappa shape index (κ3) is 3.78. The highest BCUT2D eigenvalue weighted by molar-refractivity contribution is 5.95. The number of nitrogens with zero attached hydrogens (tertiary/aromatic N) is 1. The van der Waals surface area contributed by atoms with Crippen LogP contribution in [0.4, 0.5) is 11.4 Å². The Labute approximate surface area is 123 Å². The van der Waals surface area contributed by atoms with Gasteiger partial charge in [0, 0.05) is 24.8 Å². The number of nitrogens with one attached hydrogen (secondary N) is 1. The van der Waals surface area contributed by atoms with Gasteiger partial charge >= 0.3 is 0 Å². The van der Waals surface area contributed by atoms with Crippen molar-refractivity contribution in [1.29, 1.82) is 0 Å². The smallest absolute Gasteiger partial charge is 0.293 e. The third-order valence-electron chi connectivity index (χ3n) is 3.92. The van der Waals surface area contributed by atoms with Crippen molar-refractivity contribution >= 4 is 17.2 Å². The number of anilines is 1. The van der Waals surface area contributed by atoms with Crippen molar-refractivity contribution in [2.75, 3.05) is 12.4 Å². The summed E-state index contributed by atoms with van der Waals surface area (Å²) in [5, 5.41) is 14.4. The lowest BCUT2D eigenvalue weighted by Gasteiger charge is -2.29. The van der Waals surface area contributed by atoms with Crippen LogP contribution in [0.1, 0.15) is 43.0 Å². The summed E-state index contributed by atoms with van der Waals surface area (Å²) in [4.78, 5) is 22.1. The highest BCUT2D eigenvalue weighted by Gasteiger charge is 2.24. The molecule has 1 N–H and O–H groups in total. The Kier molecular flexibility index (Phi) is 4.90. The van der Waals surface area contributed by atoms with Crippen LogP contribution < -0.4 is 5.32 Å². The fourth-order valence-electron chi connectivity index (χ4n) is 2.73. The van der Waals surface area contributed by atoms with E-state index in [4.69, 9.17) is 4.74 Å². The molecule has 0 radical (unpaired) electrons. The maximum absolute atomic E-state index is 11.3. The summed E-state index contributed by atoms with van der Waals surface area (Å²) in [7, 11) is 1.69. The van der Waals surface area contributed by atoms with E-state index >= 15 is 0 Å². The number of ether oxygens (including phenoxy) is 1. The number of carbonyl (C=O) groups excluding carboxylic acids is 1. The average molecular weight is 292 g/mol. The number of hydrogen-bond acceptors (Lipinski definition) is 5. The molecule has 6 heteroatoms. The lowest BCUT2D eigenvalue weighted by atomic mass is 9.92. The quantitative estimate of drug-likeness (QED) is 0.512. The first-order valence-electron chi connectivity index (χ1n) is 7.10. The molecule has 1 aromatic rings. The Morgan fingerprint density at radius 2 is 2.19 bits per heavy atom. The fourth-order valence-corrected chi connectivity index (χ4v) is 2.73. The molecule has 0 amide bonds. The number of hydrogen-bond donors (Lipinski definition) is 1. The molecule has 0 saturated heterocycles. The van der Waals surface area contributed by atoms with Crippen molar-refractivity contribution in [2.24, 2.45) is 0 Å². The van der Waals surface area contributed by atoms with Gasteiger partial charge < -0.3 is 10.1 Å². The zero-order valence-electron chi connectivity index (χ0n) is 12.3. The zero-order valence-corrected chi connectivity index (χ0v) is 12.3. The Morgan fingerprint density at radius 1 is 1.43 bits per heavy atom. The van der Waals surface area contributed by atoms with Gasteiger partial charge in [-0.05, 0) is 44.7 Å². The molecule has 0 aromatic heterocycles. The van der Waals surface area contributed by atoms with Gasteiger partial charge in [0.1, 0.15) is 5.69 Å². The van der Waals surface area contributed by atoms with Crippen LogP contribution in [0.15, 0.2) is 18.2 Å². The lowest BCUT2D eigenvalue weighted by molar-refractivity contribution is -0.384. The van der Waals surface area contributed by atoms with Gasteiger partial charge in [-0.1, -0.05) is 0 Å². The highest BCUT2D eigenvalue weighted by Crippen LogP contribution is 2.30. The minimum Gasteiger partial charge on any atom is -0.381 e. The molecular formula is C15H20N2O4. The molecule has 1 saturated carbocycles. The molecule has 2 unspecified atom stereocenters. The second-order valence-electron chi connectivity index (χ2n) is 5.41. The van der Waals surface area contributed by atoms with Crippen LogP contribution in [0, 0.1) is 10.1 Å². The number of methoxy groups -OCH3 is 1. The number of nitro benzene ring substituents is 1. The Balaban J connectivity index is 2.19. The van der Waals surface area contributed by atoms with E-state index in [-0.39, 0.29) is 23.6 Å². The number of nitro groups is 1. The van der Waals surface area contributed by atoms with E-state index in [2.05, 4.69) is 5.32 Å². The summed E-state index contributed by atoms with van der Waals surface area (Å²) in [6.07, 6.45) is 4.06. The molecule has 2 rings (SSSR count). The highest BCUT2D eigenvalue weighted by atomic mass is 16.6. The zero-order chi connectivity index (χ0) is 15.4. The standard InChI is InChI=1S/C15H20N2O4/c1-10(18)11-6-7-14(15(8-11)17(19)20)16-12-4-3-5-13(9-12)21-2/h6-8,12-13,16H,3-5,9H2,1-2H3. The predicted octanol–water partition coefficient (Wildman–Crippen LogP) is 3.17. The van der Waals surface area contributed by atoms with Crippen LogP contribution in [0.5, 0.6) is 0 Å². The number of rotatable bonds is 5. The number of ketones is 1. The van der Waals surface area contributed by atoms with Crippen LogP contribution in [-0.2, 0) is 4.74 Å². The molecule has 0 bridgehead atoms. The van der Waals surface area contributed by atoms with E-state index in [1.165, 1.54) is 13.0 Å². The Morgan fingerprint density at radius 3 is 2.81 bits per heavy atom. The van der Waals surface area contributed by atoms with Gasteiger partial charge in [-0.25, -0.2) is 0 Å². The minimum absolute atomic E-state index is 0.0535. The normalized spacial score (nSPS) is 21.8.